The first-order valence-corrected chi connectivity index (χ1v) is 13.4. The molecule has 0 saturated carbocycles. The summed E-state index contributed by atoms with van der Waals surface area (Å²) in [5.74, 6) is 0.0881. The largest absolute Gasteiger partial charge is 1.00 e. The smallest absolute Gasteiger partial charge is 0.870 e. The van der Waals surface area contributed by atoms with Crippen LogP contribution in [0.25, 0.3) is 0 Å². The monoisotopic (exact) mass is 500 g/mol. The summed E-state index contributed by atoms with van der Waals surface area (Å²) in [6, 6.07) is 11.4. The van der Waals surface area contributed by atoms with Crippen molar-refractivity contribution in [3.05, 3.63) is 48.0 Å². The second kappa shape index (κ2) is 17.1. The van der Waals surface area contributed by atoms with Gasteiger partial charge in [0.1, 0.15) is 11.5 Å². The molecule has 7 heteroatoms. The molecular weight excluding hydrogens is 463 g/mol. The van der Waals surface area contributed by atoms with Crippen LogP contribution in [-0.2, 0) is 16.5 Å². The summed E-state index contributed by atoms with van der Waals surface area (Å²) in [6.07, 6.45) is 14.6. The van der Waals surface area contributed by atoms with Crippen LogP contribution in [-0.4, -0.2) is 13.0 Å². The molecule has 178 valence electrons. The minimum absolute atomic E-state index is 0. The zero-order valence-electron chi connectivity index (χ0n) is 20.2. The van der Waals surface area contributed by atoms with Crippen LogP contribution in [0.5, 0.6) is 17.2 Å². The normalized spacial score (nSPS) is 11.2. The van der Waals surface area contributed by atoms with Gasteiger partial charge in [-0.25, -0.2) is 0 Å². The van der Waals surface area contributed by atoms with Crippen molar-refractivity contribution in [1.29, 1.82) is 0 Å². The van der Waals surface area contributed by atoms with E-state index in [4.69, 9.17) is 4.74 Å². The number of para-hydroxylation sites is 1. The number of benzene rings is 2. The molecule has 0 aliphatic heterocycles. The van der Waals surface area contributed by atoms with Gasteiger partial charge in [0.25, 0.3) is 10.1 Å². The summed E-state index contributed by atoms with van der Waals surface area (Å²) in [5, 5.41) is 12.9. The van der Waals surface area contributed by atoms with Crippen molar-refractivity contribution in [2.75, 3.05) is 0 Å². The van der Waals surface area contributed by atoms with Gasteiger partial charge in [-0.15, -0.1) is 0 Å². The molecule has 1 N–H and O–H groups in total. The summed E-state index contributed by atoms with van der Waals surface area (Å²) >= 11 is 0. The molecule has 0 aliphatic carbocycles. The van der Waals surface area contributed by atoms with Gasteiger partial charge in [0, 0.05) is 0 Å². The predicted molar refractivity (Wildman–Crippen MR) is 127 cm³/mol. The van der Waals surface area contributed by atoms with Crippen molar-refractivity contribution in [3.63, 3.8) is 0 Å². The van der Waals surface area contributed by atoms with Crippen LogP contribution in [0.4, 0.5) is 0 Å². The third-order valence-corrected chi connectivity index (χ3v) is 6.65. The molecule has 0 aromatic heterocycles. The van der Waals surface area contributed by atoms with E-state index in [0.717, 1.165) is 19.3 Å². The maximum atomic E-state index is 12.9. The third kappa shape index (κ3) is 11.7. The number of unbranched alkanes of at least 4 members (excludes halogenated alkanes) is 11. The van der Waals surface area contributed by atoms with Crippen LogP contribution in [0.3, 0.4) is 0 Å². The molecule has 0 bridgehead atoms. The zero-order valence-corrected chi connectivity index (χ0v) is 24.2. The Labute approximate surface area is 242 Å². The van der Waals surface area contributed by atoms with Gasteiger partial charge < -0.3 is 9.84 Å². The molecule has 0 fully saturated rings. The number of ether oxygens (including phenoxy) is 1. The van der Waals surface area contributed by atoms with E-state index >= 15 is 0 Å². The van der Waals surface area contributed by atoms with E-state index in [1.54, 1.807) is 24.3 Å². The molecule has 0 amide bonds. The van der Waals surface area contributed by atoms with Gasteiger partial charge in [-0.05, 0) is 42.7 Å². The Morgan fingerprint density at radius 2 is 1.30 bits per heavy atom. The van der Waals surface area contributed by atoms with E-state index in [0.29, 0.717) is 18.6 Å². The summed E-state index contributed by atoms with van der Waals surface area (Å²) in [5.41, 5.74) is 0.105. The van der Waals surface area contributed by atoms with E-state index < -0.39 is 15.9 Å². The van der Waals surface area contributed by atoms with E-state index in [2.05, 4.69) is 6.92 Å². The summed E-state index contributed by atoms with van der Waals surface area (Å²) in [6.45, 7) is 2.23. The fourth-order valence-corrected chi connectivity index (χ4v) is 4.65. The molecule has 0 atom stereocenters. The fourth-order valence-electron chi connectivity index (χ4n) is 3.91. The Balaban J connectivity index is 0.00000544. The second-order valence-corrected chi connectivity index (χ2v) is 9.79. The Morgan fingerprint density at radius 1 is 0.788 bits per heavy atom. The maximum absolute atomic E-state index is 12.9. The zero-order chi connectivity index (χ0) is 23.2. The van der Waals surface area contributed by atoms with E-state index in [1.165, 1.54) is 63.5 Å². The molecule has 33 heavy (non-hydrogen) atoms. The van der Waals surface area contributed by atoms with Crippen molar-refractivity contribution < 1.29 is 74.2 Å². The van der Waals surface area contributed by atoms with Crippen LogP contribution in [0.1, 0.15) is 89.5 Å². The Morgan fingerprint density at radius 3 is 1.82 bits per heavy atom. The van der Waals surface area contributed by atoms with Crippen LogP contribution in [0.15, 0.2) is 47.4 Å². The van der Waals surface area contributed by atoms with Crippen molar-refractivity contribution in [2.45, 2.75) is 95.3 Å². The molecule has 2 rings (SSSR count). The number of rotatable bonds is 16. The van der Waals surface area contributed by atoms with E-state index in [-0.39, 0.29) is 67.6 Å². The average molecular weight is 501 g/mol. The predicted octanol–water partition coefficient (Wildman–Crippen LogP) is 4.05. The topological polar surface area (TPSA) is 86.7 Å². The van der Waals surface area contributed by atoms with Gasteiger partial charge >= 0.3 is 51.4 Å². The maximum Gasteiger partial charge on any atom is 1.00 e. The average Bonchev–Trinajstić information content (AvgIpc) is 2.76. The van der Waals surface area contributed by atoms with Gasteiger partial charge in [-0.2, -0.15) is 8.42 Å². The fraction of sp³-hybridized carbons (Fsp3) is 0.538. The second-order valence-electron chi connectivity index (χ2n) is 8.40. The van der Waals surface area contributed by atoms with Gasteiger partial charge in [0.2, 0.25) is 0 Å². The van der Waals surface area contributed by atoms with Gasteiger partial charge in [0.05, 0.1) is 4.90 Å². The quantitative estimate of drug-likeness (QED) is 0.213. The Hall–Kier alpha value is -0.414. The van der Waals surface area contributed by atoms with Gasteiger partial charge in [0.15, 0.2) is 0 Å². The van der Waals surface area contributed by atoms with E-state index in [1.807, 2.05) is 6.07 Å². The first kappa shape index (κ1) is 30.6. The van der Waals surface area contributed by atoms with Crippen LogP contribution in [0.2, 0.25) is 0 Å². The first-order valence-electron chi connectivity index (χ1n) is 12.0. The van der Waals surface area contributed by atoms with Crippen molar-refractivity contribution in [2.24, 2.45) is 0 Å². The Bertz CT molecular complexity index is 900. The van der Waals surface area contributed by atoms with E-state index in [9.17, 15) is 18.1 Å². The van der Waals surface area contributed by atoms with Crippen molar-refractivity contribution in [1.82, 2.24) is 0 Å². The molecule has 2 aromatic carbocycles. The first-order chi connectivity index (χ1) is 15.4. The molecular formula is C26H37KO5S. The Kier molecular flexibility index (Phi) is 15.9. The molecule has 0 saturated heterocycles. The molecule has 0 unspecified atom stereocenters. The van der Waals surface area contributed by atoms with Gasteiger partial charge in [-0.1, -0.05) is 102 Å². The van der Waals surface area contributed by atoms with Crippen molar-refractivity contribution in [3.8, 4) is 17.2 Å². The van der Waals surface area contributed by atoms with Gasteiger partial charge in [-0.3, -0.25) is 4.55 Å². The summed E-state index contributed by atoms with van der Waals surface area (Å²) < 4.78 is 38.7. The molecule has 0 heterocycles. The number of hydrogen-bond acceptors (Lipinski definition) is 4. The summed E-state index contributed by atoms with van der Waals surface area (Å²) in [4.78, 5) is -0.314. The third-order valence-electron chi connectivity index (χ3n) is 5.71. The molecule has 5 nitrogen and oxygen atoms in total. The molecule has 0 aliphatic rings. The molecule has 2 aromatic rings. The standard InChI is InChI=1S/C26H38O5S.K/c1-2-3-4-5-6-7-8-9-10-11-12-16-19-23-25(32(28,29)30)21-20-24(26(23)27)31-22-17-14-13-15-18-22;/h13-15,17-18,20-21,27H,2-12,16,19H2,1H3,(H,28,29,30);/q;+1/p-1. The minimum Gasteiger partial charge on any atom is -0.870 e. The summed E-state index contributed by atoms with van der Waals surface area (Å²) in [7, 11) is -4.47. The number of hydrogen-bond donors (Lipinski definition) is 1. The van der Waals surface area contributed by atoms with Crippen LogP contribution < -0.4 is 61.2 Å². The SMILES string of the molecule is CCCCCCCCCCCCCCc1c(S(=O)(=O)O)ccc(Oc2ccccc2)c1[O-].[K+]. The molecule has 0 spiro atoms. The molecule has 0 radical (unpaired) electrons. The van der Waals surface area contributed by atoms with Crippen LogP contribution >= 0.6 is 0 Å². The van der Waals surface area contributed by atoms with Crippen molar-refractivity contribution >= 4 is 10.1 Å². The minimum atomic E-state index is -4.47. The van der Waals surface area contributed by atoms with Crippen LogP contribution in [0, 0.1) is 0 Å².